The Labute approximate surface area is 69.7 Å². The van der Waals surface area contributed by atoms with E-state index in [0.29, 0.717) is 12.8 Å². The summed E-state index contributed by atoms with van der Waals surface area (Å²) in [6.45, 7) is -0.197. The predicted octanol–water partition coefficient (Wildman–Crippen LogP) is -1.20. The lowest BCUT2D eigenvalue weighted by atomic mass is 10.2. The molecule has 68 valence electrons. The number of esters is 1. The van der Waals surface area contributed by atoms with Gasteiger partial charge in [-0.3, -0.25) is 4.79 Å². The van der Waals surface area contributed by atoms with Crippen LogP contribution in [0.2, 0.25) is 0 Å². The number of hydrogen-bond acceptors (Lipinski definition) is 4. The van der Waals surface area contributed by atoms with Gasteiger partial charge in [0.15, 0.2) is 0 Å². The quantitative estimate of drug-likeness (QED) is 0.526. The molecular formula is C7H11NO4. The Morgan fingerprint density at radius 2 is 2.50 bits per heavy atom. The molecule has 5 nitrogen and oxygen atoms in total. The van der Waals surface area contributed by atoms with Gasteiger partial charge >= 0.3 is 5.97 Å². The smallest absolute Gasteiger partial charge is 0.328 e. The molecule has 0 aliphatic carbocycles. The molecule has 0 aromatic carbocycles. The average molecular weight is 173 g/mol. The zero-order valence-electron chi connectivity index (χ0n) is 6.58. The van der Waals surface area contributed by atoms with Crippen molar-refractivity contribution in [2.75, 3.05) is 13.2 Å². The number of carbonyl (C=O) groups is 2. The Balaban J connectivity index is 2.28. The SMILES string of the molecule is O=C1CC[C@@H](C(=O)OCCO)N1. The summed E-state index contributed by atoms with van der Waals surface area (Å²) in [6, 6.07) is -0.510. The number of aliphatic hydroxyl groups is 1. The van der Waals surface area contributed by atoms with E-state index in [9.17, 15) is 9.59 Å². The zero-order valence-corrected chi connectivity index (χ0v) is 6.58. The predicted molar refractivity (Wildman–Crippen MR) is 39.2 cm³/mol. The van der Waals surface area contributed by atoms with Crippen LogP contribution >= 0.6 is 0 Å². The number of amides is 1. The lowest BCUT2D eigenvalue weighted by Crippen LogP contribution is -2.34. The molecule has 0 bridgehead atoms. The van der Waals surface area contributed by atoms with E-state index in [2.05, 4.69) is 10.1 Å². The van der Waals surface area contributed by atoms with Crippen molar-refractivity contribution in [3.8, 4) is 0 Å². The molecule has 5 heteroatoms. The van der Waals surface area contributed by atoms with E-state index in [1.54, 1.807) is 0 Å². The van der Waals surface area contributed by atoms with E-state index >= 15 is 0 Å². The summed E-state index contributed by atoms with van der Waals surface area (Å²) in [5.74, 6) is -0.587. The molecule has 1 fully saturated rings. The molecule has 1 aliphatic heterocycles. The topological polar surface area (TPSA) is 75.6 Å². The molecule has 1 saturated heterocycles. The van der Waals surface area contributed by atoms with Gasteiger partial charge in [-0.05, 0) is 6.42 Å². The Hall–Kier alpha value is -1.10. The van der Waals surface area contributed by atoms with Gasteiger partial charge in [0.25, 0.3) is 0 Å². The van der Waals surface area contributed by atoms with Gasteiger partial charge in [-0.15, -0.1) is 0 Å². The molecule has 0 radical (unpaired) electrons. The van der Waals surface area contributed by atoms with Crippen molar-refractivity contribution in [2.24, 2.45) is 0 Å². The first kappa shape index (κ1) is 8.99. The normalized spacial score (nSPS) is 22.1. The second-order valence-electron chi connectivity index (χ2n) is 2.55. The lowest BCUT2D eigenvalue weighted by molar-refractivity contribution is -0.147. The van der Waals surface area contributed by atoms with Gasteiger partial charge in [-0.25, -0.2) is 4.79 Å². The summed E-state index contributed by atoms with van der Waals surface area (Å²) >= 11 is 0. The van der Waals surface area contributed by atoms with Crippen molar-refractivity contribution in [2.45, 2.75) is 18.9 Å². The summed E-state index contributed by atoms with van der Waals surface area (Å²) in [6.07, 6.45) is 0.863. The van der Waals surface area contributed by atoms with Crippen LogP contribution in [-0.4, -0.2) is 36.2 Å². The summed E-state index contributed by atoms with van der Waals surface area (Å²) in [5, 5.41) is 10.8. The molecule has 1 heterocycles. The molecule has 0 aromatic heterocycles. The molecule has 1 atom stereocenters. The Morgan fingerprint density at radius 1 is 1.75 bits per heavy atom. The molecule has 1 aliphatic rings. The van der Waals surface area contributed by atoms with E-state index < -0.39 is 12.0 Å². The van der Waals surface area contributed by atoms with Crippen molar-refractivity contribution in [3.05, 3.63) is 0 Å². The Morgan fingerprint density at radius 3 is 3.00 bits per heavy atom. The molecule has 0 spiro atoms. The Kier molecular flexibility index (Phi) is 3.04. The molecule has 0 aromatic rings. The van der Waals surface area contributed by atoms with Crippen LogP contribution in [0.3, 0.4) is 0 Å². The second kappa shape index (κ2) is 4.06. The van der Waals surface area contributed by atoms with Crippen LogP contribution in [0.5, 0.6) is 0 Å². The van der Waals surface area contributed by atoms with E-state index in [-0.39, 0.29) is 19.1 Å². The van der Waals surface area contributed by atoms with Crippen molar-refractivity contribution in [1.82, 2.24) is 5.32 Å². The third kappa shape index (κ3) is 2.20. The third-order valence-corrected chi connectivity index (χ3v) is 1.62. The van der Waals surface area contributed by atoms with Gasteiger partial charge < -0.3 is 15.2 Å². The highest BCUT2D eigenvalue weighted by Gasteiger charge is 2.28. The van der Waals surface area contributed by atoms with Gasteiger partial charge in [-0.1, -0.05) is 0 Å². The maximum Gasteiger partial charge on any atom is 0.328 e. The summed E-state index contributed by atoms with van der Waals surface area (Å²) in [5.41, 5.74) is 0. The van der Waals surface area contributed by atoms with Crippen LogP contribution in [0.1, 0.15) is 12.8 Å². The first-order valence-electron chi connectivity index (χ1n) is 3.81. The second-order valence-corrected chi connectivity index (χ2v) is 2.55. The minimum atomic E-state index is -0.510. The maximum absolute atomic E-state index is 11.0. The molecule has 2 N–H and O–H groups in total. The third-order valence-electron chi connectivity index (χ3n) is 1.62. The molecule has 0 saturated carbocycles. The average Bonchev–Trinajstić information content (AvgIpc) is 2.47. The highest BCUT2D eigenvalue weighted by Crippen LogP contribution is 2.07. The largest absolute Gasteiger partial charge is 0.462 e. The minimum absolute atomic E-state index is 0.00873. The van der Waals surface area contributed by atoms with Gasteiger partial charge in [0, 0.05) is 6.42 Å². The number of nitrogens with one attached hydrogen (secondary N) is 1. The van der Waals surface area contributed by atoms with Crippen molar-refractivity contribution in [1.29, 1.82) is 0 Å². The van der Waals surface area contributed by atoms with E-state index in [0.717, 1.165) is 0 Å². The van der Waals surface area contributed by atoms with Crippen LogP contribution in [-0.2, 0) is 14.3 Å². The first-order valence-corrected chi connectivity index (χ1v) is 3.81. The monoisotopic (exact) mass is 173 g/mol. The summed E-state index contributed by atoms with van der Waals surface area (Å²) < 4.78 is 4.62. The molecule has 12 heavy (non-hydrogen) atoms. The van der Waals surface area contributed by atoms with Crippen LogP contribution in [0.4, 0.5) is 0 Å². The van der Waals surface area contributed by atoms with Gasteiger partial charge in [0.2, 0.25) is 5.91 Å². The Bertz CT molecular complexity index is 192. The zero-order chi connectivity index (χ0) is 8.97. The molecule has 0 unspecified atom stereocenters. The fourth-order valence-electron chi connectivity index (χ4n) is 1.04. The lowest BCUT2D eigenvalue weighted by Gasteiger charge is -2.08. The van der Waals surface area contributed by atoms with E-state index in [4.69, 9.17) is 5.11 Å². The first-order chi connectivity index (χ1) is 5.74. The minimum Gasteiger partial charge on any atom is -0.462 e. The fraction of sp³-hybridized carbons (Fsp3) is 0.714. The fourth-order valence-corrected chi connectivity index (χ4v) is 1.04. The molecular weight excluding hydrogens is 162 g/mol. The number of aliphatic hydroxyl groups excluding tert-OH is 1. The van der Waals surface area contributed by atoms with Gasteiger partial charge in [-0.2, -0.15) is 0 Å². The van der Waals surface area contributed by atoms with Gasteiger partial charge in [0.1, 0.15) is 12.6 Å². The van der Waals surface area contributed by atoms with Crippen LogP contribution in [0, 0.1) is 0 Å². The molecule has 1 amide bonds. The molecule has 1 rings (SSSR count). The number of hydrogen-bond donors (Lipinski definition) is 2. The highest BCUT2D eigenvalue weighted by atomic mass is 16.5. The number of ether oxygens (including phenoxy) is 1. The van der Waals surface area contributed by atoms with Crippen molar-refractivity contribution < 1.29 is 19.4 Å². The van der Waals surface area contributed by atoms with Crippen LogP contribution in [0.25, 0.3) is 0 Å². The van der Waals surface area contributed by atoms with Crippen molar-refractivity contribution >= 4 is 11.9 Å². The maximum atomic E-state index is 11.0. The highest BCUT2D eigenvalue weighted by molar-refractivity contribution is 5.87. The van der Waals surface area contributed by atoms with Crippen molar-refractivity contribution in [3.63, 3.8) is 0 Å². The number of rotatable bonds is 3. The summed E-state index contributed by atoms with van der Waals surface area (Å²) in [4.78, 5) is 21.7. The van der Waals surface area contributed by atoms with Gasteiger partial charge in [0.05, 0.1) is 6.61 Å². The van der Waals surface area contributed by atoms with E-state index in [1.807, 2.05) is 0 Å². The summed E-state index contributed by atoms with van der Waals surface area (Å²) in [7, 11) is 0. The van der Waals surface area contributed by atoms with E-state index in [1.165, 1.54) is 0 Å². The van der Waals surface area contributed by atoms with Crippen LogP contribution < -0.4 is 5.32 Å². The number of carbonyl (C=O) groups excluding carboxylic acids is 2. The standard InChI is InChI=1S/C7H11NO4/c9-3-4-12-7(11)5-1-2-6(10)8-5/h5,9H,1-4H2,(H,8,10)/t5-/m0/s1. The van der Waals surface area contributed by atoms with Crippen LogP contribution in [0.15, 0.2) is 0 Å².